The molecule has 1 heterocycles. The number of hydrogen-bond acceptors (Lipinski definition) is 4. The van der Waals surface area contributed by atoms with Crippen LogP contribution in [0.1, 0.15) is 18.9 Å². The number of likely N-dealkylation sites (N-methyl/N-ethyl adjacent to an activating group) is 1. The normalized spacial score (nSPS) is 23.4. The number of hydrogen-bond donors (Lipinski definition) is 1. The average Bonchev–Trinajstić information content (AvgIpc) is 2.83. The van der Waals surface area contributed by atoms with Crippen LogP contribution < -0.4 is 0 Å². The van der Waals surface area contributed by atoms with Crippen LogP contribution in [-0.2, 0) is 21.4 Å². The fourth-order valence-corrected chi connectivity index (χ4v) is 3.87. The summed E-state index contributed by atoms with van der Waals surface area (Å²) < 4.78 is 45.4. The molecular weight excluding hydrogens is 285 g/mol. The van der Waals surface area contributed by atoms with Crippen molar-refractivity contribution in [2.75, 3.05) is 13.7 Å². The molecular formula is C13H18FNO4S. The first-order valence-corrected chi connectivity index (χ1v) is 7.81. The Morgan fingerprint density at radius 3 is 2.70 bits per heavy atom. The highest BCUT2D eigenvalue weighted by molar-refractivity contribution is 7.89. The van der Waals surface area contributed by atoms with Gasteiger partial charge >= 0.3 is 0 Å². The predicted molar refractivity (Wildman–Crippen MR) is 71.1 cm³/mol. The van der Waals surface area contributed by atoms with Crippen molar-refractivity contribution in [1.82, 2.24) is 4.31 Å². The average molecular weight is 303 g/mol. The number of rotatable bonds is 4. The predicted octanol–water partition coefficient (Wildman–Crippen LogP) is 1.12. The largest absolute Gasteiger partial charge is 0.392 e. The molecule has 1 aromatic carbocycles. The number of halogens is 1. The van der Waals surface area contributed by atoms with E-state index in [1.807, 2.05) is 0 Å². The molecule has 0 radical (unpaired) electrons. The van der Waals surface area contributed by atoms with Crippen LogP contribution in [0.5, 0.6) is 0 Å². The Morgan fingerprint density at radius 2 is 2.20 bits per heavy atom. The first kappa shape index (κ1) is 15.4. The molecule has 0 amide bonds. The van der Waals surface area contributed by atoms with Gasteiger partial charge in [0.05, 0.1) is 18.8 Å². The minimum absolute atomic E-state index is 0.213. The molecule has 1 aliphatic heterocycles. The second kappa shape index (κ2) is 5.77. The molecule has 0 spiro atoms. The molecule has 0 aliphatic carbocycles. The molecule has 2 rings (SSSR count). The Kier molecular flexibility index (Phi) is 4.43. The van der Waals surface area contributed by atoms with E-state index in [2.05, 4.69) is 0 Å². The maximum Gasteiger partial charge on any atom is 0.246 e. The lowest BCUT2D eigenvalue weighted by Gasteiger charge is -2.26. The third-order valence-electron chi connectivity index (χ3n) is 3.64. The minimum atomic E-state index is -3.91. The van der Waals surface area contributed by atoms with Crippen LogP contribution >= 0.6 is 0 Å². The van der Waals surface area contributed by atoms with Crippen LogP contribution in [0.2, 0.25) is 0 Å². The Balaban J connectivity index is 2.34. The highest BCUT2D eigenvalue weighted by atomic mass is 32.2. The van der Waals surface area contributed by atoms with E-state index >= 15 is 0 Å². The lowest BCUT2D eigenvalue weighted by atomic mass is 10.2. The third kappa shape index (κ3) is 2.71. The quantitative estimate of drug-likeness (QED) is 0.905. The molecule has 7 heteroatoms. The molecule has 0 bridgehead atoms. The second-order valence-corrected chi connectivity index (χ2v) is 6.84. The molecule has 112 valence electrons. The molecule has 2 unspecified atom stereocenters. The summed E-state index contributed by atoms with van der Waals surface area (Å²) in [7, 11) is -2.48. The number of sulfonamides is 1. The first-order valence-electron chi connectivity index (χ1n) is 6.37. The minimum Gasteiger partial charge on any atom is -0.392 e. The van der Waals surface area contributed by atoms with Crippen molar-refractivity contribution >= 4 is 10.0 Å². The maximum atomic E-state index is 13.9. The lowest BCUT2D eigenvalue weighted by molar-refractivity contribution is 0.102. The zero-order valence-corrected chi connectivity index (χ0v) is 12.2. The van der Waals surface area contributed by atoms with Crippen LogP contribution in [0.4, 0.5) is 4.39 Å². The van der Waals surface area contributed by atoms with Crippen molar-refractivity contribution in [2.24, 2.45) is 0 Å². The molecule has 1 aliphatic rings. The topological polar surface area (TPSA) is 66.8 Å². The Bertz CT molecular complexity index is 590. The fraction of sp³-hybridized carbons (Fsp3) is 0.538. The SMILES string of the molecule is CC1OCCC1N(C)S(=O)(=O)c1ccc(CO)cc1F. The second-order valence-electron chi connectivity index (χ2n) is 4.88. The number of ether oxygens (including phenoxy) is 1. The van der Waals surface area contributed by atoms with E-state index in [1.54, 1.807) is 6.92 Å². The van der Waals surface area contributed by atoms with Crippen molar-refractivity contribution in [3.63, 3.8) is 0 Å². The van der Waals surface area contributed by atoms with Gasteiger partial charge in [0.1, 0.15) is 10.7 Å². The Morgan fingerprint density at radius 1 is 1.50 bits per heavy atom. The van der Waals surface area contributed by atoms with E-state index in [0.29, 0.717) is 18.6 Å². The summed E-state index contributed by atoms with van der Waals surface area (Å²) in [6, 6.07) is 3.33. The molecule has 1 fully saturated rings. The van der Waals surface area contributed by atoms with Gasteiger partial charge in [-0.05, 0) is 31.0 Å². The van der Waals surface area contributed by atoms with Crippen molar-refractivity contribution in [1.29, 1.82) is 0 Å². The van der Waals surface area contributed by atoms with E-state index in [-0.39, 0.29) is 23.6 Å². The lowest BCUT2D eigenvalue weighted by Crippen LogP contribution is -2.41. The van der Waals surface area contributed by atoms with Gasteiger partial charge in [-0.15, -0.1) is 0 Å². The van der Waals surface area contributed by atoms with Gasteiger partial charge in [0.2, 0.25) is 10.0 Å². The highest BCUT2D eigenvalue weighted by Gasteiger charge is 2.36. The summed E-state index contributed by atoms with van der Waals surface area (Å²) in [5, 5.41) is 8.93. The summed E-state index contributed by atoms with van der Waals surface area (Å²) >= 11 is 0. The van der Waals surface area contributed by atoms with E-state index in [4.69, 9.17) is 9.84 Å². The number of benzene rings is 1. The van der Waals surface area contributed by atoms with Crippen molar-refractivity contribution < 1.29 is 22.7 Å². The van der Waals surface area contributed by atoms with Gasteiger partial charge in [0.15, 0.2) is 0 Å². The monoisotopic (exact) mass is 303 g/mol. The van der Waals surface area contributed by atoms with Crippen molar-refractivity contribution in [3.05, 3.63) is 29.6 Å². The number of aliphatic hydroxyl groups is 1. The molecule has 1 saturated heterocycles. The van der Waals surface area contributed by atoms with E-state index in [9.17, 15) is 12.8 Å². The summed E-state index contributed by atoms with van der Waals surface area (Å²) in [6.45, 7) is 1.97. The van der Waals surface area contributed by atoms with E-state index in [0.717, 1.165) is 6.07 Å². The molecule has 20 heavy (non-hydrogen) atoms. The van der Waals surface area contributed by atoms with Crippen LogP contribution in [0.15, 0.2) is 23.1 Å². The van der Waals surface area contributed by atoms with Crippen LogP contribution in [-0.4, -0.2) is 43.6 Å². The zero-order valence-electron chi connectivity index (χ0n) is 11.4. The maximum absolute atomic E-state index is 13.9. The van der Waals surface area contributed by atoms with Gasteiger partial charge in [0, 0.05) is 13.7 Å². The van der Waals surface area contributed by atoms with Crippen LogP contribution in [0.3, 0.4) is 0 Å². The van der Waals surface area contributed by atoms with Gasteiger partial charge in [-0.1, -0.05) is 6.07 Å². The van der Waals surface area contributed by atoms with Gasteiger partial charge in [-0.2, -0.15) is 4.31 Å². The summed E-state index contributed by atoms with van der Waals surface area (Å²) in [5.74, 6) is -0.852. The number of aliphatic hydroxyl groups excluding tert-OH is 1. The van der Waals surface area contributed by atoms with Gasteiger partial charge in [-0.25, -0.2) is 12.8 Å². The zero-order chi connectivity index (χ0) is 14.9. The number of nitrogens with zero attached hydrogens (tertiary/aromatic N) is 1. The Labute approximate surface area is 118 Å². The van der Waals surface area contributed by atoms with Gasteiger partial charge in [0.25, 0.3) is 0 Å². The van der Waals surface area contributed by atoms with E-state index < -0.39 is 15.8 Å². The van der Waals surface area contributed by atoms with Crippen LogP contribution in [0.25, 0.3) is 0 Å². The Hall–Kier alpha value is -1.02. The first-order chi connectivity index (χ1) is 9.37. The van der Waals surface area contributed by atoms with Crippen molar-refractivity contribution in [2.45, 2.75) is 37.0 Å². The molecule has 0 saturated carbocycles. The summed E-state index contributed by atoms with van der Waals surface area (Å²) in [6.07, 6.45) is 0.377. The summed E-state index contributed by atoms with van der Waals surface area (Å²) in [4.78, 5) is -0.378. The third-order valence-corrected chi connectivity index (χ3v) is 5.56. The van der Waals surface area contributed by atoms with E-state index in [1.165, 1.54) is 23.5 Å². The highest BCUT2D eigenvalue weighted by Crippen LogP contribution is 2.26. The van der Waals surface area contributed by atoms with Gasteiger partial charge < -0.3 is 9.84 Å². The standard InChI is InChI=1S/C13H18FNO4S/c1-9-12(5-6-19-9)15(2)20(17,18)13-4-3-10(8-16)7-11(13)14/h3-4,7,9,12,16H,5-6,8H2,1-2H3. The smallest absolute Gasteiger partial charge is 0.246 e. The molecule has 1 N–H and O–H groups in total. The van der Waals surface area contributed by atoms with Gasteiger partial charge in [-0.3, -0.25) is 0 Å². The van der Waals surface area contributed by atoms with Crippen molar-refractivity contribution in [3.8, 4) is 0 Å². The molecule has 2 atom stereocenters. The molecule has 5 nitrogen and oxygen atoms in total. The summed E-state index contributed by atoms with van der Waals surface area (Å²) in [5.41, 5.74) is 0.335. The molecule has 1 aromatic rings. The molecule has 0 aromatic heterocycles. The fourth-order valence-electron chi connectivity index (χ4n) is 2.38. The van der Waals surface area contributed by atoms with Crippen LogP contribution in [0, 0.1) is 5.82 Å².